The van der Waals surface area contributed by atoms with Crippen LogP contribution in [0.25, 0.3) is 0 Å². The lowest BCUT2D eigenvalue weighted by atomic mass is 10.2. The molecule has 0 aliphatic heterocycles. The lowest BCUT2D eigenvalue weighted by Gasteiger charge is -2.09. The zero-order valence-electron chi connectivity index (χ0n) is 11.8. The Morgan fingerprint density at radius 3 is 2.67 bits per heavy atom. The van der Waals surface area contributed by atoms with Crippen LogP contribution in [0.2, 0.25) is 0 Å². The van der Waals surface area contributed by atoms with Crippen LogP contribution in [0, 0.1) is 6.92 Å². The van der Waals surface area contributed by atoms with E-state index < -0.39 is 11.7 Å². The average Bonchev–Trinajstić information content (AvgIpc) is 2.77. The van der Waals surface area contributed by atoms with Gasteiger partial charge in [-0.15, -0.1) is 0 Å². The molecule has 2 rings (SSSR count). The molecule has 6 heteroatoms. The first-order chi connectivity index (χ1) is 9.90. The van der Waals surface area contributed by atoms with Crippen molar-refractivity contribution in [2.24, 2.45) is 0 Å². The number of nitrogens with one attached hydrogen (secondary N) is 1. The maximum atomic E-state index is 12.6. The third kappa shape index (κ3) is 4.01. The highest BCUT2D eigenvalue weighted by Gasteiger charge is 2.30. The number of halogens is 3. The second kappa shape index (κ2) is 6.22. The van der Waals surface area contributed by atoms with Gasteiger partial charge in [-0.1, -0.05) is 6.07 Å². The normalized spacial score (nSPS) is 11.7. The fourth-order valence-electron chi connectivity index (χ4n) is 1.91. The Morgan fingerprint density at radius 1 is 1.24 bits per heavy atom. The van der Waals surface area contributed by atoms with Crippen molar-refractivity contribution in [2.45, 2.75) is 26.3 Å². The van der Waals surface area contributed by atoms with Gasteiger partial charge in [0.2, 0.25) is 0 Å². The van der Waals surface area contributed by atoms with E-state index in [1.165, 1.54) is 12.1 Å². The van der Waals surface area contributed by atoms with Gasteiger partial charge in [-0.2, -0.15) is 13.2 Å². The van der Waals surface area contributed by atoms with Gasteiger partial charge in [-0.05, 0) is 43.8 Å². The highest BCUT2D eigenvalue weighted by Crippen LogP contribution is 2.31. The van der Waals surface area contributed by atoms with Crippen LogP contribution in [0.15, 0.2) is 34.7 Å². The van der Waals surface area contributed by atoms with Gasteiger partial charge >= 0.3 is 6.18 Å². The van der Waals surface area contributed by atoms with Crippen molar-refractivity contribution in [3.05, 3.63) is 53.0 Å². The zero-order valence-corrected chi connectivity index (χ0v) is 11.8. The Morgan fingerprint density at radius 2 is 2.00 bits per heavy atom. The molecule has 1 aromatic carbocycles. The zero-order chi connectivity index (χ0) is 15.5. The quantitative estimate of drug-likeness (QED) is 0.909. The molecule has 1 aromatic heterocycles. The van der Waals surface area contributed by atoms with Crippen molar-refractivity contribution in [3.8, 4) is 5.75 Å². The fourth-order valence-corrected chi connectivity index (χ4v) is 1.91. The molecule has 3 nitrogen and oxygen atoms in total. The molecule has 0 saturated carbocycles. The number of hydrogen-bond donors (Lipinski definition) is 1. The molecule has 1 N–H and O–H groups in total. The topological polar surface area (TPSA) is 34.4 Å². The predicted molar refractivity (Wildman–Crippen MR) is 72.0 cm³/mol. The standard InChI is InChI=1S/C15H16F3NO2/c1-10-6-13(21-14(10)8-19-2)9-20-12-5-3-4-11(7-12)15(16,17)18/h3-7,19H,8-9H2,1-2H3. The molecule has 0 unspecified atom stereocenters. The van der Waals surface area contributed by atoms with E-state index in [2.05, 4.69) is 5.32 Å². The van der Waals surface area contributed by atoms with Gasteiger partial charge in [0.25, 0.3) is 0 Å². The molecule has 0 aliphatic rings. The monoisotopic (exact) mass is 299 g/mol. The minimum atomic E-state index is -4.37. The summed E-state index contributed by atoms with van der Waals surface area (Å²) in [4.78, 5) is 0. The Kier molecular flexibility index (Phi) is 4.57. The molecule has 1 heterocycles. The van der Waals surface area contributed by atoms with Gasteiger partial charge in [0.15, 0.2) is 0 Å². The van der Waals surface area contributed by atoms with E-state index in [0.717, 1.165) is 23.5 Å². The van der Waals surface area contributed by atoms with Crippen LogP contribution in [0.4, 0.5) is 13.2 Å². The molecule has 0 atom stereocenters. The summed E-state index contributed by atoms with van der Waals surface area (Å²) in [6, 6.07) is 6.61. The van der Waals surface area contributed by atoms with Gasteiger partial charge in [0.05, 0.1) is 12.1 Å². The van der Waals surface area contributed by atoms with E-state index in [4.69, 9.17) is 9.15 Å². The van der Waals surface area contributed by atoms with Crippen molar-refractivity contribution in [1.29, 1.82) is 0 Å². The first-order valence-electron chi connectivity index (χ1n) is 6.43. The van der Waals surface area contributed by atoms with Crippen molar-refractivity contribution < 1.29 is 22.3 Å². The van der Waals surface area contributed by atoms with Crippen molar-refractivity contribution in [2.75, 3.05) is 7.05 Å². The van der Waals surface area contributed by atoms with E-state index in [1.54, 1.807) is 7.05 Å². The molecule has 0 bridgehead atoms. The highest BCUT2D eigenvalue weighted by molar-refractivity contribution is 5.30. The van der Waals surface area contributed by atoms with Crippen LogP contribution in [0.5, 0.6) is 5.75 Å². The highest BCUT2D eigenvalue weighted by atomic mass is 19.4. The smallest absolute Gasteiger partial charge is 0.416 e. The summed E-state index contributed by atoms with van der Waals surface area (Å²) in [6.07, 6.45) is -4.37. The Hall–Kier alpha value is -1.95. The lowest BCUT2D eigenvalue weighted by Crippen LogP contribution is -2.05. The Bertz CT molecular complexity index is 605. The third-order valence-corrected chi connectivity index (χ3v) is 2.95. The minimum absolute atomic E-state index is 0.0892. The number of hydrogen-bond acceptors (Lipinski definition) is 3. The van der Waals surface area contributed by atoms with E-state index >= 15 is 0 Å². The molecule has 114 valence electrons. The van der Waals surface area contributed by atoms with Crippen LogP contribution < -0.4 is 10.1 Å². The summed E-state index contributed by atoms with van der Waals surface area (Å²) in [5.41, 5.74) is 0.249. The Balaban J connectivity index is 2.04. The SMILES string of the molecule is CNCc1oc(COc2cccc(C(F)(F)F)c2)cc1C. The van der Waals surface area contributed by atoms with Crippen LogP contribution in [0.3, 0.4) is 0 Å². The van der Waals surface area contributed by atoms with Crippen LogP contribution in [-0.4, -0.2) is 7.05 Å². The molecular formula is C15H16F3NO2. The van der Waals surface area contributed by atoms with Crippen molar-refractivity contribution in [3.63, 3.8) is 0 Å². The summed E-state index contributed by atoms with van der Waals surface area (Å²) >= 11 is 0. The first-order valence-corrected chi connectivity index (χ1v) is 6.43. The Labute approximate surface area is 120 Å². The second-order valence-electron chi connectivity index (χ2n) is 4.66. The molecule has 2 aromatic rings. The average molecular weight is 299 g/mol. The van der Waals surface area contributed by atoms with Gasteiger partial charge in [-0.25, -0.2) is 0 Å². The number of benzene rings is 1. The maximum absolute atomic E-state index is 12.6. The van der Waals surface area contributed by atoms with Gasteiger partial charge < -0.3 is 14.5 Å². The van der Waals surface area contributed by atoms with Crippen LogP contribution in [0.1, 0.15) is 22.6 Å². The molecule has 0 spiro atoms. The van der Waals surface area contributed by atoms with Crippen LogP contribution >= 0.6 is 0 Å². The van der Waals surface area contributed by atoms with Gasteiger partial charge in [-0.3, -0.25) is 0 Å². The molecule has 21 heavy (non-hydrogen) atoms. The summed E-state index contributed by atoms with van der Waals surface area (Å²) in [5, 5.41) is 2.98. The molecular weight excluding hydrogens is 283 g/mol. The minimum Gasteiger partial charge on any atom is -0.486 e. The van der Waals surface area contributed by atoms with E-state index in [-0.39, 0.29) is 12.4 Å². The molecule has 0 saturated heterocycles. The first kappa shape index (κ1) is 15.4. The largest absolute Gasteiger partial charge is 0.486 e. The molecule has 0 aliphatic carbocycles. The number of furan rings is 1. The predicted octanol–water partition coefficient (Wildman–Crippen LogP) is 3.91. The van der Waals surface area contributed by atoms with E-state index in [0.29, 0.717) is 12.3 Å². The summed E-state index contributed by atoms with van der Waals surface area (Å²) in [6.45, 7) is 2.59. The number of aryl methyl sites for hydroxylation is 1. The van der Waals surface area contributed by atoms with Crippen molar-refractivity contribution in [1.82, 2.24) is 5.32 Å². The third-order valence-electron chi connectivity index (χ3n) is 2.95. The van der Waals surface area contributed by atoms with Crippen LogP contribution in [-0.2, 0) is 19.3 Å². The number of alkyl halides is 3. The van der Waals surface area contributed by atoms with Gasteiger partial charge in [0, 0.05) is 0 Å². The molecule has 0 amide bonds. The number of rotatable bonds is 5. The number of ether oxygens (including phenoxy) is 1. The molecule has 0 fully saturated rings. The van der Waals surface area contributed by atoms with E-state index in [9.17, 15) is 13.2 Å². The summed E-state index contributed by atoms with van der Waals surface area (Å²) < 4.78 is 48.7. The van der Waals surface area contributed by atoms with Gasteiger partial charge in [0.1, 0.15) is 23.9 Å². The fraction of sp³-hybridized carbons (Fsp3) is 0.333. The van der Waals surface area contributed by atoms with E-state index in [1.807, 2.05) is 13.0 Å². The lowest BCUT2D eigenvalue weighted by molar-refractivity contribution is -0.137. The summed E-state index contributed by atoms with van der Waals surface area (Å²) in [7, 11) is 1.81. The van der Waals surface area contributed by atoms with Crippen molar-refractivity contribution >= 4 is 0 Å². The second-order valence-corrected chi connectivity index (χ2v) is 4.66. The molecule has 0 radical (unpaired) electrons. The maximum Gasteiger partial charge on any atom is 0.416 e. The summed E-state index contributed by atoms with van der Waals surface area (Å²) in [5.74, 6) is 1.53.